The standard InChI is InChI=1S/C33H52O7Si2.C33H50O7Si2/c2*1-32(2,3)41(11,12)39-27-17-21(18-28(30(27)37-9)40-42(13,14)33(4,5)6)24-19-22(34)15-16-23-25(24)20-26(35-7)31(38-10)29(23)36-8/h17-20,22,34H,15-16H2,1-14H3;17-20H,15-16H2,1-14H3. The maximum Gasteiger partial charge on any atom is 0.250 e. The highest BCUT2D eigenvalue weighted by Gasteiger charge is 2.45. The van der Waals surface area contributed by atoms with Gasteiger partial charge >= 0.3 is 0 Å². The Bertz CT molecular complexity index is 2990. The van der Waals surface area contributed by atoms with Gasteiger partial charge in [0.1, 0.15) is 0 Å². The number of ketones is 1. The quantitative estimate of drug-likeness (QED) is 0.0942. The number of fused-ring (bicyclic) bond motifs is 2. The number of benzene rings is 4. The molecule has 466 valence electrons. The first-order chi connectivity index (χ1) is 38.6. The van der Waals surface area contributed by atoms with Gasteiger partial charge < -0.3 is 60.7 Å². The second kappa shape index (κ2) is 25.8. The molecular weight excluding hydrogens is 1130 g/mol. The molecule has 18 heteroatoms. The number of allylic oxidation sites excluding steroid dienone is 1. The van der Waals surface area contributed by atoms with E-state index in [9.17, 15) is 9.90 Å². The zero-order valence-corrected chi connectivity index (χ0v) is 60.3. The highest BCUT2D eigenvalue weighted by atomic mass is 28.4. The van der Waals surface area contributed by atoms with Crippen LogP contribution in [-0.2, 0) is 17.6 Å². The fraction of sp³-hybridized carbons (Fsp3) is 0.561. The Hall–Kier alpha value is -5.54. The van der Waals surface area contributed by atoms with E-state index in [1.165, 1.54) is 0 Å². The normalized spacial score (nSPS) is 15.3. The second-order valence-corrected chi connectivity index (χ2v) is 46.9. The SMILES string of the molecule is COc1cc2c(c(OC)c1OC)CCC(=O)C=C2c1cc(O[Si](C)(C)C(C)(C)C)c(OC)c(O[Si](C)(C)C(C)(C)C)c1.COc1cc2c(c(OC)c1OC)CCC(O)C=C2c1cc(O[Si](C)(C)C(C)(C)C)c(OC)c(O[Si](C)(C)C(C)(C)C)c1. The smallest absolute Gasteiger partial charge is 0.250 e. The van der Waals surface area contributed by atoms with E-state index >= 15 is 0 Å². The molecule has 0 bridgehead atoms. The van der Waals surface area contributed by atoms with Gasteiger partial charge in [-0.1, -0.05) is 83.1 Å². The molecule has 1 unspecified atom stereocenters. The average molecular weight is 1230 g/mol. The molecule has 84 heavy (non-hydrogen) atoms. The predicted octanol–water partition coefficient (Wildman–Crippen LogP) is 16.7. The first-order valence-electron chi connectivity index (χ1n) is 29.1. The molecule has 4 aromatic carbocycles. The van der Waals surface area contributed by atoms with E-state index in [0.717, 1.165) is 44.5 Å². The van der Waals surface area contributed by atoms with E-state index in [4.69, 9.17) is 55.6 Å². The average Bonchev–Trinajstić information content (AvgIpc) is 1.38. The summed E-state index contributed by atoms with van der Waals surface area (Å²) < 4.78 is 74.2. The Morgan fingerprint density at radius 3 is 0.976 bits per heavy atom. The van der Waals surface area contributed by atoms with Crippen molar-refractivity contribution < 1.29 is 65.5 Å². The third-order valence-electron chi connectivity index (χ3n) is 18.2. The van der Waals surface area contributed by atoms with Crippen LogP contribution in [0.3, 0.4) is 0 Å². The third kappa shape index (κ3) is 14.6. The fourth-order valence-corrected chi connectivity index (χ4v) is 13.0. The number of carbonyl (C=O) groups is 1. The van der Waals surface area contributed by atoms with Crippen molar-refractivity contribution >= 4 is 50.2 Å². The summed E-state index contributed by atoms with van der Waals surface area (Å²) in [5, 5.41) is 10.9. The lowest BCUT2D eigenvalue weighted by atomic mass is 9.92. The van der Waals surface area contributed by atoms with Gasteiger partial charge in [-0.25, -0.2) is 0 Å². The number of rotatable bonds is 18. The van der Waals surface area contributed by atoms with E-state index in [-0.39, 0.29) is 25.9 Å². The summed E-state index contributed by atoms with van der Waals surface area (Å²) in [6.45, 7) is 44.3. The number of methoxy groups -OCH3 is 8. The van der Waals surface area contributed by atoms with Gasteiger partial charge in [-0.3, -0.25) is 4.79 Å². The maximum absolute atomic E-state index is 13.2. The molecule has 0 saturated carbocycles. The number of hydrogen-bond acceptors (Lipinski definition) is 14. The largest absolute Gasteiger partial charge is 0.541 e. The topological polar surface area (TPSA) is 148 Å². The summed E-state index contributed by atoms with van der Waals surface area (Å²) >= 11 is 0. The van der Waals surface area contributed by atoms with Crippen LogP contribution in [-0.4, -0.2) is 107 Å². The molecule has 6 rings (SSSR count). The Morgan fingerprint density at radius 2 is 0.679 bits per heavy atom. The highest BCUT2D eigenvalue weighted by molar-refractivity contribution is 6.76. The molecule has 2 aliphatic rings. The highest BCUT2D eigenvalue weighted by Crippen LogP contribution is 2.54. The zero-order chi connectivity index (χ0) is 63.7. The number of ether oxygens (including phenoxy) is 8. The molecule has 2 aliphatic carbocycles. The van der Waals surface area contributed by atoms with Gasteiger partial charge in [-0.2, -0.15) is 0 Å². The van der Waals surface area contributed by atoms with Crippen LogP contribution in [0.15, 0.2) is 48.6 Å². The van der Waals surface area contributed by atoms with Crippen LogP contribution in [0.25, 0.3) is 11.1 Å². The molecule has 0 amide bonds. The van der Waals surface area contributed by atoms with Gasteiger partial charge in [-0.05, 0) is 174 Å². The molecule has 1 N–H and O–H groups in total. The van der Waals surface area contributed by atoms with Crippen molar-refractivity contribution in [2.24, 2.45) is 0 Å². The Morgan fingerprint density at radius 1 is 0.381 bits per heavy atom. The lowest BCUT2D eigenvalue weighted by Crippen LogP contribution is -2.44. The van der Waals surface area contributed by atoms with E-state index in [0.29, 0.717) is 94.7 Å². The van der Waals surface area contributed by atoms with Crippen LogP contribution in [0, 0.1) is 0 Å². The summed E-state index contributed by atoms with van der Waals surface area (Å²) in [7, 11) is 3.84. The zero-order valence-electron chi connectivity index (χ0n) is 56.3. The van der Waals surface area contributed by atoms with E-state index in [2.05, 4.69) is 135 Å². The molecule has 0 aromatic heterocycles. The van der Waals surface area contributed by atoms with Crippen molar-refractivity contribution in [2.45, 2.75) is 187 Å². The maximum atomic E-state index is 13.2. The molecule has 14 nitrogen and oxygen atoms in total. The van der Waals surface area contributed by atoms with Gasteiger partial charge in [0.2, 0.25) is 23.0 Å². The van der Waals surface area contributed by atoms with Crippen molar-refractivity contribution in [3.8, 4) is 69.0 Å². The summed E-state index contributed by atoms with van der Waals surface area (Å²) in [6.07, 6.45) is 4.96. The predicted molar refractivity (Wildman–Crippen MR) is 351 cm³/mol. The molecule has 0 aliphatic heterocycles. The van der Waals surface area contributed by atoms with Crippen LogP contribution >= 0.6 is 0 Å². The van der Waals surface area contributed by atoms with E-state index < -0.39 is 39.4 Å². The number of aliphatic hydroxyl groups excluding tert-OH is 1. The minimum absolute atomic E-state index is 0.0238. The van der Waals surface area contributed by atoms with Gasteiger partial charge in [0.15, 0.2) is 51.8 Å². The first kappa shape index (κ1) is 69.2. The molecule has 0 spiro atoms. The lowest BCUT2D eigenvalue weighted by molar-refractivity contribution is -0.114. The minimum atomic E-state index is -2.29. The Kier molecular flexibility index (Phi) is 21.3. The Labute approximate surface area is 508 Å². The summed E-state index contributed by atoms with van der Waals surface area (Å²) in [4.78, 5) is 13.2. The minimum Gasteiger partial charge on any atom is -0.541 e. The monoisotopic (exact) mass is 1230 g/mol. The van der Waals surface area contributed by atoms with Crippen LogP contribution in [0.2, 0.25) is 72.5 Å². The Balaban J connectivity index is 0.000000307. The van der Waals surface area contributed by atoms with Crippen LogP contribution in [0.5, 0.6) is 69.0 Å². The van der Waals surface area contributed by atoms with Crippen molar-refractivity contribution in [1.82, 2.24) is 0 Å². The van der Waals surface area contributed by atoms with E-state index in [1.807, 2.05) is 42.5 Å². The molecule has 4 aromatic rings. The van der Waals surface area contributed by atoms with Gasteiger partial charge in [0.25, 0.3) is 33.3 Å². The van der Waals surface area contributed by atoms with E-state index in [1.54, 1.807) is 63.0 Å². The van der Waals surface area contributed by atoms with Crippen LogP contribution in [0.1, 0.15) is 129 Å². The summed E-state index contributed by atoms with van der Waals surface area (Å²) in [5.74, 6) is 6.99. The van der Waals surface area contributed by atoms with Gasteiger partial charge in [-0.15, -0.1) is 0 Å². The molecular formula is C66H102O14Si4. The van der Waals surface area contributed by atoms with Crippen molar-refractivity contribution in [2.75, 3.05) is 56.9 Å². The first-order valence-corrected chi connectivity index (χ1v) is 40.8. The molecule has 0 saturated heterocycles. The van der Waals surface area contributed by atoms with Crippen LogP contribution in [0.4, 0.5) is 0 Å². The third-order valence-corrected chi connectivity index (χ3v) is 35.5. The van der Waals surface area contributed by atoms with Gasteiger partial charge in [0.05, 0.1) is 63.0 Å². The van der Waals surface area contributed by atoms with Crippen molar-refractivity contribution in [3.63, 3.8) is 0 Å². The molecule has 0 fully saturated rings. The van der Waals surface area contributed by atoms with Crippen LogP contribution < -0.4 is 55.6 Å². The second-order valence-electron chi connectivity index (χ2n) is 28.0. The number of hydrogen-bond donors (Lipinski definition) is 1. The van der Waals surface area contributed by atoms with Crippen molar-refractivity contribution in [1.29, 1.82) is 0 Å². The summed E-state index contributed by atoms with van der Waals surface area (Å²) in [5.41, 5.74) is 6.83. The van der Waals surface area contributed by atoms with Crippen molar-refractivity contribution in [3.05, 3.63) is 81.9 Å². The molecule has 0 radical (unpaired) electrons. The lowest BCUT2D eigenvalue weighted by Gasteiger charge is -2.39. The summed E-state index contributed by atoms with van der Waals surface area (Å²) in [6, 6.07) is 11.9. The molecule has 1 atom stereocenters. The molecule has 0 heterocycles. The number of carbonyl (C=O) groups excluding carboxylic acids is 1. The fourth-order valence-electron chi connectivity index (χ4n) is 9.00. The number of aliphatic hydroxyl groups is 1. The van der Waals surface area contributed by atoms with Gasteiger partial charge in [0, 0.05) is 17.5 Å².